The number of ether oxygens (including phenoxy) is 2. The molecular weight excluding hydrogens is 344 g/mol. The summed E-state index contributed by atoms with van der Waals surface area (Å²) in [4.78, 5) is 14.9. The van der Waals surface area contributed by atoms with E-state index < -0.39 is 0 Å². The Hall–Kier alpha value is -2.57. The zero-order valence-electron chi connectivity index (χ0n) is 15.8. The highest BCUT2D eigenvalue weighted by Crippen LogP contribution is 2.31. The fourth-order valence-electron chi connectivity index (χ4n) is 3.19. The SMILES string of the molecule is COc1cc(-c2cccc(C(=O)NCC(C)N3CCOCC3)c2)ccc1O. The number of benzene rings is 2. The van der Waals surface area contributed by atoms with Gasteiger partial charge in [-0.05, 0) is 42.3 Å². The molecule has 0 aliphatic carbocycles. The largest absolute Gasteiger partial charge is 0.504 e. The Bertz CT molecular complexity index is 788. The summed E-state index contributed by atoms with van der Waals surface area (Å²) in [6.07, 6.45) is 0. The van der Waals surface area contributed by atoms with E-state index in [1.165, 1.54) is 7.11 Å². The molecule has 6 heteroatoms. The molecular formula is C21H26N2O4. The Morgan fingerprint density at radius 3 is 2.70 bits per heavy atom. The third-order valence-electron chi connectivity index (χ3n) is 4.86. The second kappa shape index (κ2) is 8.88. The third-order valence-corrected chi connectivity index (χ3v) is 4.86. The average Bonchev–Trinajstić information content (AvgIpc) is 2.72. The van der Waals surface area contributed by atoms with Gasteiger partial charge in [-0.2, -0.15) is 0 Å². The molecule has 3 rings (SSSR count). The highest BCUT2D eigenvalue weighted by atomic mass is 16.5. The first-order chi connectivity index (χ1) is 13.1. The lowest BCUT2D eigenvalue weighted by atomic mass is 10.0. The molecule has 6 nitrogen and oxygen atoms in total. The van der Waals surface area contributed by atoms with Gasteiger partial charge in [0.25, 0.3) is 5.91 Å². The minimum Gasteiger partial charge on any atom is -0.504 e. The molecule has 27 heavy (non-hydrogen) atoms. The van der Waals surface area contributed by atoms with E-state index in [1.807, 2.05) is 18.2 Å². The van der Waals surface area contributed by atoms with Crippen LogP contribution in [0.3, 0.4) is 0 Å². The van der Waals surface area contributed by atoms with E-state index in [1.54, 1.807) is 24.3 Å². The van der Waals surface area contributed by atoms with Crippen molar-refractivity contribution in [2.45, 2.75) is 13.0 Å². The summed E-state index contributed by atoms with van der Waals surface area (Å²) < 4.78 is 10.5. The van der Waals surface area contributed by atoms with Gasteiger partial charge >= 0.3 is 0 Å². The van der Waals surface area contributed by atoms with Crippen LogP contribution in [0.4, 0.5) is 0 Å². The molecule has 1 fully saturated rings. The molecule has 0 saturated carbocycles. The van der Waals surface area contributed by atoms with Gasteiger partial charge in [-0.15, -0.1) is 0 Å². The Morgan fingerprint density at radius 2 is 1.96 bits per heavy atom. The van der Waals surface area contributed by atoms with Crippen LogP contribution in [-0.4, -0.2) is 61.9 Å². The van der Waals surface area contributed by atoms with Crippen LogP contribution in [0.15, 0.2) is 42.5 Å². The number of carbonyl (C=O) groups is 1. The number of morpholine rings is 1. The van der Waals surface area contributed by atoms with Crippen molar-refractivity contribution in [3.05, 3.63) is 48.0 Å². The van der Waals surface area contributed by atoms with Crippen LogP contribution in [0.2, 0.25) is 0 Å². The minimum absolute atomic E-state index is 0.0900. The normalized spacial score (nSPS) is 15.9. The molecule has 1 atom stereocenters. The maximum Gasteiger partial charge on any atom is 0.251 e. The minimum atomic E-state index is -0.0947. The number of hydrogen-bond acceptors (Lipinski definition) is 5. The molecule has 1 aliphatic rings. The van der Waals surface area contributed by atoms with E-state index in [4.69, 9.17) is 9.47 Å². The van der Waals surface area contributed by atoms with Crippen molar-refractivity contribution in [1.82, 2.24) is 10.2 Å². The molecule has 1 saturated heterocycles. The zero-order chi connectivity index (χ0) is 19.2. The van der Waals surface area contributed by atoms with Crippen molar-refractivity contribution >= 4 is 5.91 Å². The lowest BCUT2D eigenvalue weighted by molar-refractivity contribution is 0.0204. The molecule has 2 aromatic carbocycles. The number of carbonyl (C=O) groups excluding carboxylic acids is 1. The summed E-state index contributed by atoms with van der Waals surface area (Å²) >= 11 is 0. The van der Waals surface area contributed by atoms with Crippen LogP contribution in [0.1, 0.15) is 17.3 Å². The van der Waals surface area contributed by atoms with Gasteiger partial charge in [-0.1, -0.05) is 18.2 Å². The molecule has 1 heterocycles. The third kappa shape index (κ3) is 4.78. The van der Waals surface area contributed by atoms with Crippen LogP contribution >= 0.6 is 0 Å². The van der Waals surface area contributed by atoms with E-state index in [9.17, 15) is 9.90 Å². The van der Waals surface area contributed by atoms with Crippen LogP contribution < -0.4 is 10.1 Å². The number of rotatable bonds is 6. The average molecular weight is 370 g/mol. The first kappa shape index (κ1) is 19.2. The number of nitrogens with zero attached hydrogens (tertiary/aromatic N) is 1. The van der Waals surface area contributed by atoms with Crippen molar-refractivity contribution < 1.29 is 19.4 Å². The highest BCUT2D eigenvalue weighted by molar-refractivity contribution is 5.95. The first-order valence-electron chi connectivity index (χ1n) is 9.16. The summed E-state index contributed by atoms with van der Waals surface area (Å²) in [5.41, 5.74) is 2.37. The number of nitrogens with one attached hydrogen (secondary N) is 1. The monoisotopic (exact) mass is 370 g/mol. The van der Waals surface area contributed by atoms with Gasteiger partial charge in [0.15, 0.2) is 11.5 Å². The standard InChI is InChI=1S/C21H26N2O4/c1-15(23-8-10-27-11-9-23)14-22-21(25)18-5-3-4-16(12-18)17-6-7-19(24)20(13-17)26-2/h3-7,12-13,15,24H,8-11,14H2,1-2H3,(H,22,25). The summed E-state index contributed by atoms with van der Waals surface area (Å²) in [5, 5.41) is 12.8. The number of aromatic hydroxyl groups is 1. The van der Waals surface area contributed by atoms with Gasteiger partial charge in [-0.25, -0.2) is 0 Å². The topological polar surface area (TPSA) is 71.0 Å². The molecule has 1 aliphatic heterocycles. The fraction of sp³-hybridized carbons (Fsp3) is 0.381. The summed E-state index contributed by atoms with van der Waals surface area (Å²) in [6, 6.07) is 12.8. The predicted molar refractivity (Wildman–Crippen MR) is 104 cm³/mol. The number of hydrogen-bond donors (Lipinski definition) is 2. The first-order valence-corrected chi connectivity index (χ1v) is 9.16. The summed E-state index contributed by atoms with van der Waals surface area (Å²) in [6.45, 7) is 6.00. The Morgan fingerprint density at radius 1 is 1.22 bits per heavy atom. The molecule has 0 spiro atoms. The van der Waals surface area contributed by atoms with Gasteiger partial charge in [0.1, 0.15) is 0 Å². The van der Waals surface area contributed by atoms with Crippen molar-refractivity contribution in [2.75, 3.05) is 40.0 Å². The maximum absolute atomic E-state index is 12.6. The fourth-order valence-corrected chi connectivity index (χ4v) is 3.19. The van der Waals surface area contributed by atoms with E-state index >= 15 is 0 Å². The maximum atomic E-state index is 12.6. The van der Waals surface area contributed by atoms with Crippen molar-refractivity contribution in [2.24, 2.45) is 0 Å². The highest BCUT2D eigenvalue weighted by Gasteiger charge is 2.18. The van der Waals surface area contributed by atoms with Gasteiger partial charge in [0, 0.05) is 31.2 Å². The number of methoxy groups -OCH3 is 1. The van der Waals surface area contributed by atoms with Crippen molar-refractivity contribution in [1.29, 1.82) is 0 Å². The van der Waals surface area contributed by atoms with Crippen LogP contribution in [0.25, 0.3) is 11.1 Å². The molecule has 0 aromatic heterocycles. The predicted octanol–water partition coefficient (Wildman–Crippen LogP) is 2.52. The van der Waals surface area contributed by atoms with Crippen molar-refractivity contribution in [3.63, 3.8) is 0 Å². The molecule has 1 amide bonds. The number of phenols is 1. The van der Waals surface area contributed by atoms with E-state index in [0.717, 1.165) is 37.4 Å². The lowest BCUT2D eigenvalue weighted by Crippen LogP contribution is -2.47. The zero-order valence-corrected chi connectivity index (χ0v) is 15.8. The molecule has 2 N–H and O–H groups in total. The molecule has 0 radical (unpaired) electrons. The quantitative estimate of drug-likeness (QED) is 0.818. The Labute approximate surface area is 159 Å². The van der Waals surface area contributed by atoms with Crippen LogP contribution in [0, 0.1) is 0 Å². The van der Waals surface area contributed by atoms with Gasteiger partial charge in [0.2, 0.25) is 0 Å². The van der Waals surface area contributed by atoms with Crippen LogP contribution in [0.5, 0.6) is 11.5 Å². The number of amides is 1. The second-order valence-electron chi connectivity index (χ2n) is 6.67. The smallest absolute Gasteiger partial charge is 0.251 e. The Balaban J connectivity index is 1.66. The van der Waals surface area contributed by atoms with E-state index in [-0.39, 0.29) is 17.7 Å². The second-order valence-corrected chi connectivity index (χ2v) is 6.67. The van der Waals surface area contributed by atoms with Gasteiger partial charge in [0.05, 0.1) is 20.3 Å². The Kier molecular flexibility index (Phi) is 6.32. The molecule has 144 valence electrons. The number of phenolic OH excluding ortho intramolecular Hbond substituents is 1. The molecule has 0 bridgehead atoms. The summed E-state index contributed by atoms with van der Waals surface area (Å²) in [5.74, 6) is 0.400. The molecule has 1 unspecified atom stereocenters. The van der Waals surface area contributed by atoms with E-state index in [2.05, 4.69) is 17.1 Å². The van der Waals surface area contributed by atoms with Crippen molar-refractivity contribution in [3.8, 4) is 22.6 Å². The van der Waals surface area contributed by atoms with Gasteiger partial charge in [-0.3, -0.25) is 9.69 Å². The lowest BCUT2D eigenvalue weighted by Gasteiger charge is -2.32. The summed E-state index contributed by atoms with van der Waals surface area (Å²) in [7, 11) is 1.51. The van der Waals surface area contributed by atoms with Crippen LogP contribution in [-0.2, 0) is 4.74 Å². The van der Waals surface area contributed by atoms with Gasteiger partial charge < -0.3 is 19.9 Å². The molecule has 2 aromatic rings. The van der Waals surface area contributed by atoms with E-state index in [0.29, 0.717) is 17.9 Å².